The molecule has 2 heterocycles. The third kappa shape index (κ3) is 3.64. The van der Waals surface area contributed by atoms with Gasteiger partial charge in [0.05, 0.1) is 12.4 Å². The number of hydrogen-bond donors (Lipinski definition) is 1. The van der Waals surface area contributed by atoms with Gasteiger partial charge in [-0.1, -0.05) is 0 Å². The van der Waals surface area contributed by atoms with E-state index in [9.17, 15) is 4.79 Å². The van der Waals surface area contributed by atoms with Crippen molar-refractivity contribution in [3.8, 4) is 5.75 Å². The number of amides is 1. The molecule has 1 aromatic carbocycles. The van der Waals surface area contributed by atoms with Gasteiger partial charge >= 0.3 is 0 Å². The first kappa shape index (κ1) is 13.7. The standard InChI is InChI=1S/C16H17NO4/c18-16(15-4-2-10-20-15)17-12-5-7-13(8-6-12)21-11-14-3-1-9-19-14/h2,4-8,10,14H,1,3,9,11H2,(H,17,18)/t14-/m0/s1. The second-order valence-electron chi connectivity index (χ2n) is 4.90. The monoisotopic (exact) mass is 287 g/mol. The largest absolute Gasteiger partial charge is 0.491 e. The van der Waals surface area contributed by atoms with Crippen molar-refractivity contribution in [3.05, 3.63) is 48.4 Å². The number of anilines is 1. The molecule has 110 valence electrons. The van der Waals surface area contributed by atoms with E-state index in [0.717, 1.165) is 25.2 Å². The van der Waals surface area contributed by atoms with Crippen molar-refractivity contribution < 1.29 is 18.7 Å². The van der Waals surface area contributed by atoms with Crippen LogP contribution >= 0.6 is 0 Å². The topological polar surface area (TPSA) is 60.7 Å². The van der Waals surface area contributed by atoms with E-state index in [2.05, 4.69) is 5.32 Å². The van der Waals surface area contributed by atoms with E-state index < -0.39 is 0 Å². The fourth-order valence-electron chi connectivity index (χ4n) is 2.20. The van der Waals surface area contributed by atoms with Crippen LogP contribution < -0.4 is 10.1 Å². The zero-order valence-corrected chi connectivity index (χ0v) is 11.6. The van der Waals surface area contributed by atoms with Gasteiger partial charge in [0.25, 0.3) is 5.91 Å². The average Bonchev–Trinajstić information content (AvgIpc) is 3.20. The molecular formula is C16H17NO4. The van der Waals surface area contributed by atoms with Crippen LogP contribution in [-0.4, -0.2) is 25.2 Å². The molecule has 1 aliphatic rings. The van der Waals surface area contributed by atoms with E-state index in [1.165, 1.54) is 6.26 Å². The molecule has 1 N–H and O–H groups in total. The number of ether oxygens (including phenoxy) is 2. The third-order valence-electron chi connectivity index (χ3n) is 3.32. The number of hydrogen-bond acceptors (Lipinski definition) is 4. The van der Waals surface area contributed by atoms with Crippen LogP contribution in [0.4, 0.5) is 5.69 Å². The maximum absolute atomic E-state index is 11.8. The van der Waals surface area contributed by atoms with Gasteiger partial charge in [-0.25, -0.2) is 0 Å². The highest BCUT2D eigenvalue weighted by Gasteiger charge is 2.16. The molecule has 2 aromatic rings. The SMILES string of the molecule is O=C(Nc1ccc(OC[C@@H]2CCCO2)cc1)c1ccco1. The van der Waals surface area contributed by atoms with Crippen LogP contribution in [0.2, 0.25) is 0 Å². The van der Waals surface area contributed by atoms with Crippen molar-refractivity contribution in [1.82, 2.24) is 0 Å². The lowest BCUT2D eigenvalue weighted by molar-refractivity contribution is 0.0679. The van der Waals surface area contributed by atoms with Crippen LogP contribution in [0, 0.1) is 0 Å². The Bertz CT molecular complexity index is 571. The molecule has 0 unspecified atom stereocenters. The number of rotatable bonds is 5. The zero-order chi connectivity index (χ0) is 14.5. The Hall–Kier alpha value is -2.27. The van der Waals surface area contributed by atoms with Gasteiger partial charge in [-0.3, -0.25) is 4.79 Å². The lowest BCUT2D eigenvalue weighted by Crippen LogP contribution is -2.16. The number of furan rings is 1. The van der Waals surface area contributed by atoms with Crippen molar-refractivity contribution in [3.63, 3.8) is 0 Å². The fourth-order valence-corrected chi connectivity index (χ4v) is 2.20. The minimum absolute atomic E-state index is 0.198. The van der Waals surface area contributed by atoms with Gasteiger partial charge in [0.1, 0.15) is 12.4 Å². The molecule has 0 aliphatic carbocycles. The van der Waals surface area contributed by atoms with Crippen molar-refractivity contribution in [2.75, 3.05) is 18.5 Å². The summed E-state index contributed by atoms with van der Waals surface area (Å²) in [6.45, 7) is 1.39. The molecule has 5 heteroatoms. The Kier molecular flexibility index (Phi) is 4.21. The molecule has 1 amide bonds. The Morgan fingerprint density at radius 1 is 1.29 bits per heavy atom. The fraction of sp³-hybridized carbons (Fsp3) is 0.312. The summed E-state index contributed by atoms with van der Waals surface area (Å²) in [5, 5.41) is 2.76. The van der Waals surface area contributed by atoms with Crippen molar-refractivity contribution in [2.45, 2.75) is 18.9 Å². The average molecular weight is 287 g/mol. The van der Waals surface area contributed by atoms with Crippen molar-refractivity contribution >= 4 is 11.6 Å². The second kappa shape index (κ2) is 6.45. The molecule has 1 fully saturated rings. The predicted octanol–water partition coefficient (Wildman–Crippen LogP) is 3.09. The molecule has 3 rings (SSSR count). The van der Waals surface area contributed by atoms with E-state index >= 15 is 0 Å². The van der Waals surface area contributed by atoms with Gasteiger partial charge in [-0.05, 0) is 49.2 Å². The summed E-state index contributed by atoms with van der Waals surface area (Å²) in [7, 11) is 0. The molecule has 0 bridgehead atoms. The first-order valence-electron chi connectivity index (χ1n) is 7.00. The number of benzene rings is 1. The van der Waals surface area contributed by atoms with Gasteiger partial charge in [-0.15, -0.1) is 0 Å². The van der Waals surface area contributed by atoms with Gasteiger partial charge in [0, 0.05) is 12.3 Å². The van der Waals surface area contributed by atoms with Crippen LogP contribution in [0.5, 0.6) is 5.75 Å². The van der Waals surface area contributed by atoms with Gasteiger partial charge in [-0.2, -0.15) is 0 Å². The van der Waals surface area contributed by atoms with Crippen LogP contribution in [0.25, 0.3) is 0 Å². The van der Waals surface area contributed by atoms with Crippen molar-refractivity contribution in [2.24, 2.45) is 0 Å². The van der Waals surface area contributed by atoms with E-state index in [1.54, 1.807) is 24.3 Å². The molecule has 1 aliphatic heterocycles. The summed E-state index contributed by atoms with van der Waals surface area (Å²) in [5.74, 6) is 0.781. The van der Waals surface area contributed by atoms with Crippen molar-refractivity contribution in [1.29, 1.82) is 0 Å². The summed E-state index contributed by atoms with van der Waals surface area (Å²) in [6.07, 6.45) is 3.82. The molecule has 1 atom stereocenters. The van der Waals surface area contributed by atoms with Crippen LogP contribution in [0.1, 0.15) is 23.4 Å². The summed E-state index contributed by atoms with van der Waals surface area (Å²) in [6, 6.07) is 10.5. The second-order valence-corrected chi connectivity index (χ2v) is 4.90. The predicted molar refractivity (Wildman–Crippen MR) is 77.6 cm³/mol. The van der Waals surface area contributed by atoms with E-state index in [1.807, 2.05) is 12.1 Å². The summed E-state index contributed by atoms with van der Waals surface area (Å²) in [4.78, 5) is 11.8. The highest BCUT2D eigenvalue weighted by Crippen LogP contribution is 2.19. The Morgan fingerprint density at radius 2 is 2.14 bits per heavy atom. The zero-order valence-electron chi connectivity index (χ0n) is 11.6. The van der Waals surface area contributed by atoms with Gasteiger partial charge in [0.15, 0.2) is 5.76 Å². The molecule has 1 aromatic heterocycles. The van der Waals surface area contributed by atoms with E-state index in [4.69, 9.17) is 13.9 Å². The van der Waals surface area contributed by atoms with E-state index in [0.29, 0.717) is 12.3 Å². The molecule has 0 spiro atoms. The minimum atomic E-state index is -0.270. The van der Waals surface area contributed by atoms with E-state index in [-0.39, 0.29) is 17.8 Å². The molecule has 1 saturated heterocycles. The number of carbonyl (C=O) groups excluding carboxylic acids is 1. The Morgan fingerprint density at radius 3 is 2.81 bits per heavy atom. The lowest BCUT2D eigenvalue weighted by atomic mass is 10.2. The Labute approximate surface area is 122 Å². The minimum Gasteiger partial charge on any atom is -0.491 e. The maximum atomic E-state index is 11.8. The summed E-state index contributed by atoms with van der Waals surface area (Å²) < 4.78 is 16.2. The van der Waals surface area contributed by atoms with Gasteiger partial charge in [0.2, 0.25) is 0 Å². The van der Waals surface area contributed by atoms with Crippen LogP contribution in [0.3, 0.4) is 0 Å². The maximum Gasteiger partial charge on any atom is 0.291 e. The summed E-state index contributed by atoms with van der Waals surface area (Å²) >= 11 is 0. The lowest BCUT2D eigenvalue weighted by Gasteiger charge is -2.11. The normalized spacial score (nSPS) is 17.6. The Balaban J connectivity index is 1.52. The summed E-state index contributed by atoms with van der Waals surface area (Å²) in [5.41, 5.74) is 0.695. The first-order valence-corrected chi connectivity index (χ1v) is 7.00. The number of nitrogens with one attached hydrogen (secondary N) is 1. The van der Waals surface area contributed by atoms with Gasteiger partial charge < -0.3 is 19.2 Å². The first-order chi connectivity index (χ1) is 10.3. The van der Waals surface area contributed by atoms with Crippen LogP contribution in [-0.2, 0) is 4.74 Å². The quantitative estimate of drug-likeness (QED) is 0.918. The number of carbonyl (C=O) groups is 1. The molecule has 21 heavy (non-hydrogen) atoms. The highest BCUT2D eigenvalue weighted by molar-refractivity contribution is 6.02. The molecular weight excluding hydrogens is 270 g/mol. The highest BCUT2D eigenvalue weighted by atomic mass is 16.5. The smallest absolute Gasteiger partial charge is 0.291 e. The molecule has 0 saturated carbocycles. The third-order valence-corrected chi connectivity index (χ3v) is 3.32. The molecule has 5 nitrogen and oxygen atoms in total. The molecule has 0 radical (unpaired) electrons. The van der Waals surface area contributed by atoms with Crippen LogP contribution in [0.15, 0.2) is 47.1 Å².